The monoisotopic (exact) mass is 437 g/mol. The molecule has 0 spiro atoms. The number of rotatable bonds is 25. The van der Waals surface area contributed by atoms with Gasteiger partial charge in [-0.25, -0.2) is 4.79 Å². The van der Waals surface area contributed by atoms with E-state index in [2.05, 4.69) is 11.9 Å². The Hall–Kier alpha value is -1.65. The van der Waals surface area contributed by atoms with Gasteiger partial charge in [0.05, 0.1) is 0 Å². The minimum atomic E-state index is -0.926. The number of hydrogen-bond acceptors (Lipinski definition) is 4. The second kappa shape index (κ2) is 23.0. The lowest BCUT2D eigenvalue weighted by Crippen LogP contribution is -2.35. The van der Waals surface area contributed by atoms with E-state index in [9.17, 15) is 14.4 Å². The third-order valence-corrected chi connectivity index (χ3v) is 5.80. The van der Waals surface area contributed by atoms with E-state index in [0.717, 1.165) is 50.4 Å². The molecule has 0 aromatic rings. The largest absolute Gasteiger partial charge is 0.480 e. The van der Waals surface area contributed by atoms with E-state index < -0.39 is 12.0 Å². The maximum absolute atomic E-state index is 11.2. The number of aliphatic carboxylic acids is 1. The number of nitrogens with one attached hydrogen (secondary N) is 1. The molecular weight excluding hydrogens is 390 g/mol. The number of carboxylic acids is 1. The number of unbranched alkanes of at least 4 members (excludes halogenated alkanes) is 16. The molecule has 1 atom stereocenters. The predicted octanol–water partition coefficient (Wildman–Crippen LogP) is 6.74. The third-order valence-electron chi connectivity index (χ3n) is 5.80. The molecule has 0 rings (SSSR count). The summed E-state index contributed by atoms with van der Waals surface area (Å²) in [7, 11) is 0. The van der Waals surface area contributed by atoms with Crippen molar-refractivity contribution in [2.75, 3.05) is 0 Å². The van der Waals surface area contributed by atoms with Gasteiger partial charge in [0, 0.05) is 18.5 Å². The van der Waals surface area contributed by atoms with E-state index in [1.165, 1.54) is 83.5 Å². The second-order valence-corrected chi connectivity index (χ2v) is 8.74. The molecule has 0 heterocycles. The lowest BCUT2D eigenvalue weighted by atomic mass is 10.0. The predicted molar refractivity (Wildman–Crippen MR) is 128 cm³/mol. The van der Waals surface area contributed by atoms with Gasteiger partial charge < -0.3 is 20.0 Å². The molecule has 0 aliphatic heterocycles. The first-order valence-electron chi connectivity index (χ1n) is 12.7. The Morgan fingerprint density at radius 2 is 1.06 bits per heavy atom. The standard InChI is InChI=1S/C26H47NO4/c1-24(27-25(26(30)31)21-19-23-29)20-17-15-13-11-9-7-5-3-2-4-6-8-10-12-14-16-18-22-28/h22-23,25,27H,1-21H2,(H,30,31). The molecule has 0 radical (unpaired) electrons. The minimum absolute atomic E-state index is 0.251. The van der Waals surface area contributed by atoms with Crippen LogP contribution in [-0.4, -0.2) is 29.7 Å². The third kappa shape index (κ3) is 21.4. The fourth-order valence-corrected chi connectivity index (χ4v) is 3.85. The molecule has 2 N–H and O–H groups in total. The Bertz CT molecular complexity index is 464. The molecule has 5 heteroatoms. The van der Waals surface area contributed by atoms with Gasteiger partial charge in [-0.1, -0.05) is 96.5 Å². The zero-order valence-corrected chi connectivity index (χ0v) is 19.8. The van der Waals surface area contributed by atoms with Crippen molar-refractivity contribution in [3.8, 4) is 0 Å². The summed E-state index contributed by atoms with van der Waals surface area (Å²) in [6.07, 6.45) is 24.2. The van der Waals surface area contributed by atoms with Crippen LogP contribution in [-0.2, 0) is 14.4 Å². The highest BCUT2D eigenvalue weighted by atomic mass is 16.4. The zero-order chi connectivity index (χ0) is 23.0. The van der Waals surface area contributed by atoms with Gasteiger partial charge >= 0.3 is 5.97 Å². The molecule has 31 heavy (non-hydrogen) atoms. The quantitative estimate of drug-likeness (QED) is 0.122. The topological polar surface area (TPSA) is 83.5 Å². The van der Waals surface area contributed by atoms with E-state index in [1.807, 2.05) is 0 Å². The van der Waals surface area contributed by atoms with E-state index in [0.29, 0.717) is 6.42 Å². The van der Waals surface area contributed by atoms with Crippen molar-refractivity contribution < 1.29 is 19.5 Å². The van der Waals surface area contributed by atoms with Crippen molar-refractivity contribution >= 4 is 18.5 Å². The van der Waals surface area contributed by atoms with Crippen molar-refractivity contribution in [3.63, 3.8) is 0 Å². The molecule has 5 nitrogen and oxygen atoms in total. The van der Waals surface area contributed by atoms with Crippen LogP contribution in [0.1, 0.15) is 128 Å². The van der Waals surface area contributed by atoms with Crippen LogP contribution in [0.5, 0.6) is 0 Å². The van der Waals surface area contributed by atoms with Crippen molar-refractivity contribution in [2.45, 2.75) is 134 Å². The summed E-state index contributed by atoms with van der Waals surface area (Å²) in [5.74, 6) is -0.926. The van der Waals surface area contributed by atoms with E-state index in [1.54, 1.807) is 0 Å². The molecule has 0 saturated heterocycles. The maximum atomic E-state index is 11.2. The second-order valence-electron chi connectivity index (χ2n) is 8.74. The lowest BCUT2D eigenvalue weighted by molar-refractivity contribution is -0.139. The van der Waals surface area contributed by atoms with Crippen LogP contribution in [0.2, 0.25) is 0 Å². The fraction of sp³-hybridized carbons (Fsp3) is 0.808. The molecular formula is C26H47NO4. The highest BCUT2D eigenvalue weighted by molar-refractivity contribution is 5.74. The Morgan fingerprint density at radius 3 is 1.45 bits per heavy atom. The van der Waals surface area contributed by atoms with Gasteiger partial charge in [-0.05, 0) is 25.7 Å². The fourth-order valence-electron chi connectivity index (χ4n) is 3.85. The first-order chi connectivity index (χ1) is 15.1. The number of carboxylic acid groups (broad SMARTS) is 1. The van der Waals surface area contributed by atoms with E-state index >= 15 is 0 Å². The average molecular weight is 438 g/mol. The normalized spacial score (nSPS) is 11.7. The number of aldehydes is 2. The van der Waals surface area contributed by atoms with Crippen LogP contribution in [0.15, 0.2) is 12.3 Å². The highest BCUT2D eigenvalue weighted by Crippen LogP contribution is 2.15. The van der Waals surface area contributed by atoms with Crippen LogP contribution in [0.3, 0.4) is 0 Å². The number of allylic oxidation sites excluding steroid dienone is 1. The summed E-state index contributed by atoms with van der Waals surface area (Å²) >= 11 is 0. The Balaban J connectivity index is 3.34. The van der Waals surface area contributed by atoms with Crippen molar-refractivity contribution in [1.82, 2.24) is 5.32 Å². The molecule has 0 saturated carbocycles. The highest BCUT2D eigenvalue weighted by Gasteiger charge is 2.16. The lowest BCUT2D eigenvalue weighted by Gasteiger charge is -2.16. The first kappa shape index (κ1) is 29.4. The van der Waals surface area contributed by atoms with Gasteiger partial charge in [0.15, 0.2) is 0 Å². The van der Waals surface area contributed by atoms with Crippen molar-refractivity contribution in [2.24, 2.45) is 0 Å². The van der Waals surface area contributed by atoms with Crippen LogP contribution in [0, 0.1) is 0 Å². The van der Waals surface area contributed by atoms with Gasteiger partial charge in [0.2, 0.25) is 0 Å². The Morgan fingerprint density at radius 1 is 0.677 bits per heavy atom. The number of hydrogen-bond donors (Lipinski definition) is 2. The van der Waals surface area contributed by atoms with E-state index in [-0.39, 0.29) is 6.42 Å². The summed E-state index contributed by atoms with van der Waals surface area (Å²) in [4.78, 5) is 31.8. The zero-order valence-electron chi connectivity index (χ0n) is 19.8. The molecule has 0 aromatic heterocycles. The molecule has 0 aliphatic rings. The van der Waals surface area contributed by atoms with Crippen LogP contribution in [0.4, 0.5) is 0 Å². The van der Waals surface area contributed by atoms with Gasteiger partial charge in [-0.3, -0.25) is 0 Å². The smallest absolute Gasteiger partial charge is 0.326 e. The van der Waals surface area contributed by atoms with Crippen molar-refractivity contribution in [1.29, 1.82) is 0 Å². The van der Waals surface area contributed by atoms with Gasteiger partial charge in [-0.15, -0.1) is 0 Å². The number of carbonyl (C=O) groups is 3. The molecule has 0 aliphatic carbocycles. The van der Waals surface area contributed by atoms with E-state index in [4.69, 9.17) is 5.11 Å². The molecule has 0 bridgehead atoms. The van der Waals surface area contributed by atoms with Crippen LogP contribution in [0.25, 0.3) is 0 Å². The minimum Gasteiger partial charge on any atom is -0.480 e. The SMILES string of the molecule is C=C(CCCCCCCCCCCCCCCCCCC=O)NC(CCC=O)C(=O)O. The summed E-state index contributed by atoms with van der Waals surface area (Å²) in [6.45, 7) is 3.92. The van der Waals surface area contributed by atoms with Gasteiger partial charge in [0.1, 0.15) is 18.6 Å². The van der Waals surface area contributed by atoms with Crippen LogP contribution >= 0.6 is 0 Å². The molecule has 0 aromatic carbocycles. The summed E-state index contributed by atoms with van der Waals surface area (Å²) < 4.78 is 0. The molecule has 1 unspecified atom stereocenters. The Labute approximate surface area is 190 Å². The van der Waals surface area contributed by atoms with Crippen molar-refractivity contribution in [3.05, 3.63) is 12.3 Å². The first-order valence-corrected chi connectivity index (χ1v) is 12.7. The molecule has 0 amide bonds. The summed E-state index contributed by atoms with van der Waals surface area (Å²) in [5, 5.41) is 12.1. The summed E-state index contributed by atoms with van der Waals surface area (Å²) in [5.41, 5.74) is 0.760. The summed E-state index contributed by atoms with van der Waals surface area (Å²) in [6, 6.07) is -0.711. The van der Waals surface area contributed by atoms with Gasteiger partial charge in [-0.2, -0.15) is 0 Å². The molecule has 0 fully saturated rings. The van der Waals surface area contributed by atoms with Gasteiger partial charge in [0.25, 0.3) is 0 Å². The Kier molecular flexibility index (Phi) is 21.8. The average Bonchev–Trinajstić information content (AvgIpc) is 2.75. The molecule has 180 valence electrons. The van der Waals surface area contributed by atoms with Crippen LogP contribution < -0.4 is 5.32 Å². The number of carbonyl (C=O) groups excluding carboxylic acids is 2. The maximum Gasteiger partial charge on any atom is 0.326 e.